The van der Waals surface area contributed by atoms with Crippen molar-refractivity contribution in [2.75, 3.05) is 35.3 Å². The first kappa shape index (κ1) is 13.3. The van der Waals surface area contributed by atoms with Gasteiger partial charge in [-0.3, -0.25) is 0 Å². The first-order valence-electron chi connectivity index (χ1n) is 5.43. The minimum Gasteiger partial charge on any atom is -0.481 e. The van der Waals surface area contributed by atoms with Gasteiger partial charge in [0.1, 0.15) is 0 Å². The molecule has 0 amide bonds. The fourth-order valence-corrected chi connectivity index (χ4v) is 1.49. The Morgan fingerprint density at radius 1 is 1.24 bits per heavy atom. The van der Waals surface area contributed by atoms with Crippen molar-refractivity contribution in [2.24, 2.45) is 4.99 Å². The van der Waals surface area contributed by atoms with Gasteiger partial charge in [0.15, 0.2) is 5.96 Å². The number of aromatic nitrogens is 1. The molecule has 0 atom stereocenters. The molecule has 94 valence electrons. The fourth-order valence-electron chi connectivity index (χ4n) is 1.49. The highest BCUT2D eigenvalue weighted by Gasteiger charge is 2.04. The maximum absolute atomic E-state index is 5.08. The summed E-state index contributed by atoms with van der Waals surface area (Å²) >= 11 is 0. The molecule has 0 saturated heterocycles. The average Bonchev–Trinajstić information content (AvgIpc) is 2.28. The van der Waals surface area contributed by atoms with Crippen LogP contribution in [0.2, 0.25) is 0 Å². The van der Waals surface area contributed by atoms with Gasteiger partial charge in [0, 0.05) is 34.3 Å². The molecule has 0 spiro atoms. The van der Waals surface area contributed by atoms with E-state index in [4.69, 9.17) is 4.74 Å². The Morgan fingerprint density at radius 2 is 1.88 bits per heavy atom. The van der Waals surface area contributed by atoms with Crippen molar-refractivity contribution in [3.8, 4) is 5.88 Å². The lowest BCUT2D eigenvalue weighted by Gasteiger charge is -2.22. The molecule has 5 nitrogen and oxygen atoms in total. The quantitative estimate of drug-likeness (QED) is 0.581. The van der Waals surface area contributed by atoms with Gasteiger partial charge in [0.25, 0.3) is 0 Å². The third kappa shape index (κ3) is 3.94. The topological polar surface area (TPSA) is 41.0 Å². The van der Waals surface area contributed by atoms with Gasteiger partial charge in [-0.2, -0.15) is 0 Å². The summed E-state index contributed by atoms with van der Waals surface area (Å²) in [6, 6.07) is 5.68. The third-order valence-electron chi connectivity index (χ3n) is 2.17. The highest BCUT2D eigenvalue weighted by molar-refractivity contribution is 5.79. The molecule has 1 aromatic heterocycles. The van der Waals surface area contributed by atoms with E-state index in [0.29, 0.717) is 12.4 Å². The zero-order chi connectivity index (χ0) is 12.8. The summed E-state index contributed by atoms with van der Waals surface area (Å²) in [5.74, 6) is 1.53. The second-order valence-electron chi connectivity index (χ2n) is 4.08. The number of guanidine groups is 1. The number of pyridine rings is 1. The molecule has 0 aromatic carbocycles. The van der Waals surface area contributed by atoms with E-state index in [2.05, 4.69) is 9.98 Å². The van der Waals surface area contributed by atoms with Gasteiger partial charge in [-0.05, 0) is 6.07 Å². The molecule has 0 saturated carbocycles. The zero-order valence-corrected chi connectivity index (χ0v) is 11.1. The molecule has 0 aliphatic rings. The first-order chi connectivity index (χ1) is 8.04. The van der Waals surface area contributed by atoms with E-state index < -0.39 is 0 Å². The van der Waals surface area contributed by atoms with E-state index in [9.17, 15) is 0 Å². The van der Waals surface area contributed by atoms with Crippen LogP contribution in [0.25, 0.3) is 0 Å². The van der Waals surface area contributed by atoms with Crippen LogP contribution < -0.4 is 4.74 Å². The monoisotopic (exact) mass is 236 g/mol. The highest BCUT2D eigenvalue weighted by Crippen LogP contribution is 2.07. The van der Waals surface area contributed by atoms with Gasteiger partial charge in [0.2, 0.25) is 5.88 Å². The minimum atomic E-state index is 0.545. The summed E-state index contributed by atoms with van der Waals surface area (Å²) in [5.41, 5.74) is 0.894. The molecule has 0 unspecified atom stereocenters. The highest BCUT2D eigenvalue weighted by atomic mass is 16.5. The first-order valence-corrected chi connectivity index (χ1v) is 5.43. The molecular formula is C12H20N4O. The predicted molar refractivity (Wildman–Crippen MR) is 69.3 cm³/mol. The smallest absolute Gasteiger partial charge is 0.213 e. The molecule has 0 aliphatic heterocycles. The predicted octanol–water partition coefficient (Wildman–Crippen LogP) is 1.07. The van der Waals surface area contributed by atoms with Crippen LogP contribution in [0.4, 0.5) is 0 Å². The van der Waals surface area contributed by atoms with Crippen LogP contribution in [0.15, 0.2) is 23.2 Å². The largest absolute Gasteiger partial charge is 0.481 e. The van der Waals surface area contributed by atoms with Crippen LogP contribution in [-0.4, -0.2) is 56.0 Å². The zero-order valence-electron chi connectivity index (χ0n) is 11.1. The van der Waals surface area contributed by atoms with Crippen molar-refractivity contribution in [2.45, 2.75) is 6.54 Å². The maximum Gasteiger partial charge on any atom is 0.213 e. The van der Waals surface area contributed by atoms with E-state index in [1.165, 1.54) is 0 Å². The van der Waals surface area contributed by atoms with E-state index in [1.807, 2.05) is 56.2 Å². The SMILES string of the molecule is COc1cccc(CN=C(N(C)C)N(C)C)n1. The van der Waals surface area contributed by atoms with Crippen molar-refractivity contribution < 1.29 is 4.74 Å². The van der Waals surface area contributed by atoms with Gasteiger partial charge >= 0.3 is 0 Å². The minimum absolute atomic E-state index is 0.545. The summed E-state index contributed by atoms with van der Waals surface area (Å²) in [6.07, 6.45) is 0. The summed E-state index contributed by atoms with van der Waals surface area (Å²) in [4.78, 5) is 12.8. The Labute approximate surface area is 103 Å². The molecule has 1 heterocycles. The standard InChI is InChI=1S/C12H20N4O/c1-15(2)12(16(3)4)13-9-10-7-6-8-11(14-10)17-5/h6-8H,9H2,1-5H3. The lowest BCUT2D eigenvalue weighted by molar-refractivity contribution is 0.396. The van der Waals surface area contributed by atoms with Crippen molar-refractivity contribution in [3.63, 3.8) is 0 Å². The number of nitrogens with zero attached hydrogens (tertiary/aromatic N) is 4. The molecule has 5 heteroatoms. The Hall–Kier alpha value is -1.78. The lowest BCUT2D eigenvalue weighted by Crippen LogP contribution is -2.35. The van der Waals surface area contributed by atoms with E-state index >= 15 is 0 Å². The van der Waals surface area contributed by atoms with Crippen LogP contribution in [0.3, 0.4) is 0 Å². The normalized spacial score (nSPS) is 9.71. The van der Waals surface area contributed by atoms with Crippen molar-refractivity contribution >= 4 is 5.96 Å². The number of aliphatic imine (C=N–C) groups is 1. The number of methoxy groups -OCH3 is 1. The molecule has 17 heavy (non-hydrogen) atoms. The number of ether oxygens (including phenoxy) is 1. The van der Waals surface area contributed by atoms with Crippen LogP contribution in [-0.2, 0) is 6.54 Å². The van der Waals surface area contributed by atoms with Crippen LogP contribution in [0, 0.1) is 0 Å². The second kappa shape index (κ2) is 6.08. The number of hydrogen-bond donors (Lipinski definition) is 0. The lowest BCUT2D eigenvalue weighted by atomic mass is 10.3. The molecule has 1 aromatic rings. The van der Waals surface area contributed by atoms with Gasteiger partial charge in [-0.1, -0.05) is 6.07 Å². The molecule has 0 fully saturated rings. The van der Waals surface area contributed by atoms with Crippen molar-refractivity contribution in [1.82, 2.24) is 14.8 Å². The summed E-state index contributed by atoms with van der Waals surface area (Å²) < 4.78 is 5.08. The van der Waals surface area contributed by atoms with Gasteiger partial charge in [-0.25, -0.2) is 9.98 Å². The average molecular weight is 236 g/mol. The number of rotatable bonds is 3. The summed E-state index contributed by atoms with van der Waals surface area (Å²) in [5, 5.41) is 0. The van der Waals surface area contributed by atoms with Crippen molar-refractivity contribution in [1.29, 1.82) is 0 Å². The van der Waals surface area contributed by atoms with E-state index in [1.54, 1.807) is 7.11 Å². The summed E-state index contributed by atoms with van der Waals surface area (Å²) in [7, 11) is 9.49. The molecule has 0 bridgehead atoms. The van der Waals surface area contributed by atoms with Gasteiger partial charge in [0.05, 0.1) is 19.3 Å². The molecule has 0 aliphatic carbocycles. The summed E-state index contributed by atoms with van der Waals surface area (Å²) in [6.45, 7) is 0.545. The molecular weight excluding hydrogens is 216 g/mol. The Balaban J connectivity index is 2.79. The van der Waals surface area contributed by atoms with Crippen LogP contribution in [0.5, 0.6) is 5.88 Å². The third-order valence-corrected chi connectivity index (χ3v) is 2.17. The van der Waals surface area contributed by atoms with E-state index in [0.717, 1.165) is 11.7 Å². The van der Waals surface area contributed by atoms with Gasteiger partial charge < -0.3 is 14.5 Å². The van der Waals surface area contributed by atoms with Crippen LogP contribution >= 0.6 is 0 Å². The Kier molecular flexibility index (Phi) is 4.75. The Bertz CT molecular complexity index is 378. The molecule has 0 N–H and O–H groups in total. The molecule has 1 rings (SSSR count). The van der Waals surface area contributed by atoms with E-state index in [-0.39, 0.29) is 0 Å². The Morgan fingerprint density at radius 3 is 2.41 bits per heavy atom. The van der Waals surface area contributed by atoms with Gasteiger partial charge in [-0.15, -0.1) is 0 Å². The van der Waals surface area contributed by atoms with Crippen molar-refractivity contribution in [3.05, 3.63) is 23.9 Å². The maximum atomic E-state index is 5.08. The van der Waals surface area contributed by atoms with Crippen LogP contribution in [0.1, 0.15) is 5.69 Å². The number of hydrogen-bond acceptors (Lipinski definition) is 3. The molecule has 0 radical (unpaired) electrons. The second-order valence-corrected chi connectivity index (χ2v) is 4.08. The fraction of sp³-hybridized carbons (Fsp3) is 0.500.